The van der Waals surface area contributed by atoms with Crippen LogP contribution in [0.1, 0.15) is 56.1 Å². The lowest BCUT2D eigenvalue weighted by molar-refractivity contribution is -0.384. The van der Waals surface area contributed by atoms with Crippen molar-refractivity contribution >= 4 is 17.2 Å². The molecular formula is C18H22N2O3. The first-order valence-electron chi connectivity index (χ1n) is 8.52. The van der Waals surface area contributed by atoms with Gasteiger partial charge in [-0.15, -0.1) is 0 Å². The number of rotatable bonds is 1. The van der Waals surface area contributed by atoms with Crippen LogP contribution < -0.4 is 5.73 Å². The van der Waals surface area contributed by atoms with Crippen molar-refractivity contribution in [1.82, 2.24) is 0 Å². The van der Waals surface area contributed by atoms with E-state index in [9.17, 15) is 14.9 Å². The van der Waals surface area contributed by atoms with Crippen LogP contribution >= 0.6 is 0 Å². The quantitative estimate of drug-likeness (QED) is 0.487. The second-order valence-corrected chi connectivity index (χ2v) is 7.66. The molecule has 0 heterocycles. The van der Waals surface area contributed by atoms with Gasteiger partial charge in [0.15, 0.2) is 0 Å². The number of nitro benzene ring substituents is 1. The number of hydrogen-bond acceptors (Lipinski definition) is 4. The number of nitro groups is 1. The highest BCUT2D eigenvalue weighted by Gasteiger charge is 2.55. The van der Waals surface area contributed by atoms with Gasteiger partial charge in [-0.1, -0.05) is 13.0 Å². The summed E-state index contributed by atoms with van der Waals surface area (Å²) in [6.45, 7) is 2.14. The molecule has 122 valence electrons. The molecule has 2 fully saturated rings. The molecule has 5 heteroatoms. The fourth-order valence-electron chi connectivity index (χ4n) is 5.65. The van der Waals surface area contributed by atoms with Gasteiger partial charge in [0.05, 0.1) is 4.92 Å². The maximum Gasteiger partial charge on any atom is 0.295 e. The maximum atomic E-state index is 12.3. The Balaban J connectivity index is 1.77. The van der Waals surface area contributed by atoms with Crippen LogP contribution in [-0.4, -0.2) is 10.7 Å². The molecular weight excluding hydrogens is 292 g/mol. The van der Waals surface area contributed by atoms with Crippen molar-refractivity contribution in [3.63, 3.8) is 0 Å². The van der Waals surface area contributed by atoms with Crippen LogP contribution in [0.5, 0.6) is 0 Å². The normalized spacial score (nSPS) is 35.3. The van der Waals surface area contributed by atoms with E-state index in [-0.39, 0.29) is 21.7 Å². The minimum atomic E-state index is -0.333. The Labute approximate surface area is 135 Å². The van der Waals surface area contributed by atoms with Crippen LogP contribution in [0.2, 0.25) is 0 Å². The predicted molar refractivity (Wildman–Crippen MR) is 87.1 cm³/mol. The summed E-state index contributed by atoms with van der Waals surface area (Å²) in [5.41, 5.74) is 8.02. The lowest BCUT2D eigenvalue weighted by Crippen LogP contribution is -2.42. The summed E-state index contributed by atoms with van der Waals surface area (Å²) in [6.07, 6.45) is 5.21. The summed E-state index contributed by atoms with van der Waals surface area (Å²) in [5, 5.41) is 11.4. The number of hydrogen-bond donors (Lipinski definition) is 1. The van der Waals surface area contributed by atoms with Gasteiger partial charge >= 0.3 is 0 Å². The Morgan fingerprint density at radius 1 is 1.26 bits per heavy atom. The third-order valence-corrected chi connectivity index (χ3v) is 6.81. The van der Waals surface area contributed by atoms with Crippen molar-refractivity contribution in [1.29, 1.82) is 0 Å². The van der Waals surface area contributed by atoms with Crippen molar-refractivity contribution in [3.05, 3.63) is 33.4 Å². The molecule has 1 aromatic rings. The molecule has 3 aliphatic carbocycles. The molecule has 3 aliphatic rings. The van der Waals surface area contributed by atoms with E-state index in [4.69, 9.17) is 5.73 Å². The first-order valence-corrected chi connectivity index (χ1v) is 8.52. The predicted octanol–water partition coefficient (Wildman–Crippen LogP) is 3.60. The minimum absolute atomic E-state index is 0.108. The van der Waals surface area contributed by atoms with Crippen molar-refractivity contribution in [2.75, 3.05) is 5.73 Å². The topological polar surface area (TPSA) is 86.2 Å². The highest BCUT2D eigenvalue weighted by atomic mass is 16.6. The number of fused-ring (bicyclic) bond motifs is 5. The molecule has 0 spiro atoms. The molecule has 0 amide bonds. The zero-order valence-electron chi connectivity index (χ0n) is 13.4. The summed E-state index contributed by atoms with van der Waals surface area (Å²) in [6, 6.07) is 3.68. The summed E-state index contributed by atoms with van der Waals surface area (Å²) < 4.78 is 0. The summed E-state index contributed by atoms with van der Waals surface area (Å²) in [5.74, 6) is 1.70. The molecule has 2 saturated carbocycles. The van der Waals surface area contributed by atoms with E-state index < -0.39 is 0 Å². The fraction of sp³-hybridized carbons (Fsp3) is 0.611. The van der Waals surface area contributed by atoms with E-state index in [1.807, 2.05) is 6.07 Å². The monoisotopic (exact) mass is 314 g/mol. The molecule has 0 radical (unpaired) electrons. The number of ketones is 1. The van der Waals surface area contributed by atoms with Gasteiger partial charge in [0.25, 0.3) is 5.69 Å². The highest BCUT2D eigenvalue weighted by Crippen LogP contribution is 2.60. The molecule has 0 saturated heterocycles. The van der Waals surface area contributed by atoms with Gasteiger partial charge in [0.2, 0.25) is 0 Å². The maximum absolute atomic E-state index is 12.3. The number of carbonyl (C=O) groups is 1. The Morgan fingerprint density at radius 3 is 2.78 bits per heavy atom. The molecule has 4 unspecified atom stereocenters. The van der Waals surface area contributed by atoms with Gasteiger partial charge in [-0.3, -0.25) is 14.9 Å². The van der Waals surface area contributed by atoms with Crippen LogP contribution in [0.15, 0.2) is 12.1 Å². The average molecular weight is 314 g/mol. The lowest BCUT2D eigenvalue weighted by atomic mass is 9.55. The fourth-order valence-corrected chi connectivity index (χ4v) is 5.65. The Morgan fingerprint density at radius 2 is 2.04 bits per heavy atom. The molecule has 0 aliphatic heterocycles. The molecule has 4 rings (SSSR count). The summed E-state index contributed by atoms with van der Waals surface area (Å²) in [7, 11) is 0. The number of nitrogens with zero attached hydrogens (tertiary/aromatic N) is 1. The highest BCUT2D eigenvalue weighted by molar-refractivity contribution is 5.87. The number of Topliss-reactive ketones (excluding diaryl/α,β-unsaturated/α-hetero) is 1. The lowest BCUT2D eigenvalue weighted by Gasteiger charge is -2.48. The second kappa shape index (κ2) is 4.79. The number of nitrogen functional groups attached to an aromatic ring is 1. The molecule has 0 bridgehead atoms. The minimum Gasteiger partial charge on any atom is -0.393 e. The van der Waals surface area contributed by atoms with Crippen molar-refractivity contribution < 1.29 is 9.72 Å². The number of nitrogens with two attached hydrogens (primary N) is 1. The van der Waals surface area contributed by atoms with E-state index in [2.05, 4.69) is 6.92 Å². The van der Waals surface area contributed by atoms with Gasteiger partial charge in [-0.2, -0.15) is 0 Å². The van der Waals surface area contributed by atoms with Crippen molar-refractivity contribution in [2.45, 2.75) is 51.4 Å². The Bertz CT molecular complexity index is 714. The van der Waals surface area contributed by atoms with Crippen molar-refractivity contribution in [2.24, 2.45) is 17.3 Å². The molecule has 1 aromatic carbocycles. The second-order valence-electron chi connectivity index (χ2n) is 7.66. The van der Waals surface area contributed by atoms with Crippen LogP contribution in [0.3, 0.4) is 0 Å². The van der Waals surface area contributed by atoms with E-state index in [1.165, 1.54) is 0 Å². The molecule has 4 atom stereocenters. The standard InChI is InChI=1S/C18H22N2O3/c1-18-9-8-11-10-4-6-15(19)17(20(22)23)13(10)3-2-12(11)14(18)5-7-16(18)21/h4,6,11-12,14H,2-3,5,7-9,19H2,1H3. The van der Waals surface area contributed by atoms with Crippen LogP contribution in [0.4, 0.5) is 11.4 Å². The molecule has 2 N–H and O–H groups in total. The number of benzene rings is 1. The van der Waals surface area contributed by atoms with E-state index in [0.717, 1.165) is 36.8 Å². The van der Waals surface area contributed by atoms with Crippen LogP contribution in [0.25, 0.3) is 0 Å². The van der Waals surface area contributed by atoms with Gasteiger partial charge in [0.1, 0.15) is 11.5 Å². The summed E-state index contributed by atoms with van der Waals surface area (Å²) >= 11 is 0. The van der Waals surface area contributed by atoms with Gasteiger partial charge in [-0.25, -0.2) is 0 Å². The van der Waals surface area contributed by atoms with Crippen molar-refractivity contribution in [3.8, 4) is 0 Å². The zero-order valence-corrected chi connectivity index (χ0v) is 13.4. The Kier molecular flexibility index (Phi) is 3.06. The summed E-state index contributed by atoms with van der Waals surface area (Å²) in [4.78, 5) is 23.4. The SMILES string of the molecule is CC12CCC3c4ccc(N)c([N+](=O)[O-])c4CCC3C1CCC2=O. The third kappa shape index (κ3) is 1.88. The molecule has 0 aromatic heterocycles. The third-order valence-electron chi connectivity index (χ3n) is 6.81. The van der Waals surface area contributed by atoms with E-state index in [0.29, 0.717) is 36.4 Å². The van der Waals surface area contributed by atoms with Crippen LogP contribution in [-0.2, 0) is 11.2 Å². The van der Waals surface area contributed by atoms with Gasteiger partial charge in [0, 0.05) is 17.4 Å². The Hall–Kier alpha value is -1.91. The van der Waals surface area contributed by atoms with E-state index in [1.54, 1.807) is 6.07 Å². The first-order chi connectivity index (χ1) is 10.9. The number of carbonyl (C=O) groups excluding carboxylic acids is 1. The average Bonchev–Trinajstić information content (AvgIpc) is 2.82. The molecule has 5 nitrogen and oxygen atoms in total. The van der Waals surface area contributed by atoms with Gasteiger partial charge in [-0.05, 0) is 61.5 Å². The van der Waals surface area contributed by atoms with Gasteiger partial charge < -0.3 is 5.73 Å². The van der Waals surface area contributed by atoms with E-state index >= 15 is 0 Å². The first kappa shape index (κ1) is 14.7. The van der Waals surface area contributed by atoms with Crippen LogP contribution in [0, 0.1) is 27.4 Å². The zero-order chi connectivity index (χ0) is 16.4. The number of anilines is 1. The smallest absolute Gasteiger partial charge is 0.295 e. The molecule has 23 heavy (non-hydrogen) atoms. The largest absolute Gasteiger partial charge is 0.393 e.